The molecule has 0 atom stereocenters. The SMILES string of the molecule is Cc1cc(C2=CCN(C(=O)OC(C)(C)C)CC2)cc(C)c1O.N. The van der Waals surface area contributed by atoms with Crippen molar-refractivity contribution in [1.29, 1.82) is 0 Å². The van der Waals surface area contributed by atoms with E-state index in [1.807, 2.05) is 46.8 Å². The van der Waals surface area contributed by atoms with Crippen LogP contribution in [-0.2, 0) is 4.74 Å². The summed E-state index contributed by atoms with van der Waals surface area (Å²) in [6.45, 7) is 10.6. The number of nitrogens with zero attached hydrogens (tertiary/aromatic N) is 1. The molecular formula is C18H28N2O3. The lowest BCUT2D eigenvalue weighted by molar-refractivity contribution is 0.0270. The van der Waals surface area contributed by atoms with Crippen molar-refractivity contribution in [2.75, 3.05) is 13.1 Å². The molecule has 23 heavy (non-hydrogen) atoms. The molecule has 1 aromatic rings. The van der Waals surface area contributed by atoms with Gasteiger partial charge in [-0.3, -0.25) is 0 Å². The molecule has 0 saturated heterocycles. The van der Waals surface area contributed by atoms with Gasteiger partial charge in [0.1, 0.15) is 11.4 Å². The van der Waals surface area contributed by atoms with Crippen LogP contribution in [0.5, 0.6) is 5.75 Å². The summed E-state index contributed by atoms with van der Waals surface area (Å²) in [7, 11) is 0. The Balaban J connectivity index is 0.00000264. The molecule has 0 unspecified atom stereocenters. The summed E-state index contributed by atoms with van der Waals surface area (Å²) in [5, 5.41) is 9.86. The Morgan fingerprint density at radius 1 is 1.22 bits per heavy atom. The topological polar surface area (TPSA) is 84.8 Å². The second kappa shape index (κ2) is 7.04. The van der Waals surface area contributed by atoms with Crippen molar-refractivity contribution >= 4 is 11.7 Å². The second-order valence-electron chi connectivity index (χ2n) is 6.86. The molecule has 0 aromatic heterocycles. The van der Waals surface area contributed by atoms with Crippen LogP contribution >= 0.6 is 0 Å². The smallest absolute Gasteiger partial charge is 0.410 e. The number of hydrogen-bond acceptors (Lipinski definition) is 4. The third-order valence-electron chi connectivity index (χ3n) is 3.72. The first-order valence-electron chi connectivity index (χ1n) is 7.65. The van der Waals surface area contributed by atoms with E-state index in [0.29, 0.717) is 18.8 Å². The summed E-state index contributed by atoms with van der Waals surface area (Å²) in [5.74, 6) is 0.357. The van der Waals surface area contributed by atoms with Gasteiger partial charge in [0, 0.05) is 13.1 Å². The van der Waals surface area contributed by atoms with Gasteiger partial charge < -0.3 is 20.9 Å². The molecule has 1 aromatic carbocycles. The van der Waals surface area contributed by atoms with Crippen LogP contribution in [0.4, 0.5) is 4.79 Å². The van der Waals surface area contributed by atoms with Crippen molar-refractivity contribution in [2.45, 2.75) is 46.6 Å². The first-order valence-corrected chi connectivity index (χ1v) is 7.65. The van der Waals surface area contributed by atoms with Crippen molar-refractivity contribution in [3.05, 3.63) is 34.9 Å². The highest BCUT2D eigenvalue weighted by Crippen LogP contribution is 2.29. The summed E-state index contributed by atoms with van der Waals surface area (Å²) in [4.78, 5) is 13.8. The van der Waals surface area contributed by atoms with Crippen molar-refractivity contribution in [1.82, 2.24) is 11.1 Å². The molecule has 2 rings (SSSR count). The first kappa shape index (κ1) is 19.0. The van der Waals surface area contributed by atoms with Crippen LogP contribution in [-0.4, -0.2) is 34.8 Å². The van der Waals surface area contributed by atoms with Crippen molar-refractivity contribution < 1.29 is 14.6 Å². The van der Waals surface area contributed by atoms with Gasteiger partial charge in [0.15, 0.2) is 0 Å². The van der Waals surface area contributed by atoms with Gasteiger partial charge in [-0.15, -0.1) is 0 Å². The normalized spacial score (nSPS) is 14.8. The maximum Gasteiger partial charge on any atom is 0.410 e. The predicted octanol–water partition coefficient (Wildman–Crippen LogP) is 4.20. The molecule has 5 nitrogen and oxygen atoms in total. The van der Waals surface area contributed by atoms with Crippen LogP contribution < -0.4 is 6.15 Å². The first-order chi connectivity index (χ1) is 10.2. The lowest BCUT2D eigenvalue weighted by Crippen LogP contribution is -2.39. The van der Waals surface area contributed by atoms with Gasteiger partial charge in [-0.05, 0) is 75.4 Å². The number of ether oxygens (including phenoxy) is 1. The standard InChI is InChI=1S/C18H25NO3.H3N/c1-12-10-15(11-13(2)16(12)20)14-6-8-19(9-7-14)17(21)22-18(3,4)5;/h6,10-11,20H,7-9H2,1-5H3;1H3. The van der Waals surface area contributed by atoms with E-state index in [4.69, 9.17) is 4.74 Å². The summed E-state index contributed by atoms with van der Waals surface area (Å²) in [6, 6.07) is 3.99. The van der Waals surface area contributed by atoms with Crippen molar-refractivity contribution in [2.24, 2.45) is 0 Å². The monoisotopic (exact) mass is 320 g/mol. The number of carbonyl (C=O) groups excluding carboxylic acids is 1. The molecular weight excluding hydrogens is 292 g/mol. The summed E-state index contributed by atoms with van der Waals surface area (Å²) in [6.07, 6.45) is 2.60. The Kier molecular flexibility index (Phi) is 5.83. The average molecular weight is 320 g/mol. The summed E-state index contributed by atoms with van der Waals surface area (Å²) < 4.78 is 5.40. The van der Waals surface area contributed by atoms with Crippen LogP contribution in [0.15, 0.2) is 18.2 Å². The quantitative estimate of drug-likeness (QED) is 0.812. The third-order valence-corrected chi connectivity index (χ3v) is 3.72. The minimum atomic E-state index is -0.466. The molecule has 0 spiro atoms. The van der Waals surface area contributed by atoms with Crippen LogP contribution in [0.1, 0.15) is 43.9 Å². The Morgan fingerprint density at radius 3 is 2.22 bits per heavy atom. The number of aromatic hydroxyl groups is 1. The van der Waals surface area contributed by atoms with Crippen LogP contribution in [0.2, 0.25) is 0 Å². The molecule has 1 heterocycles. The summed E-state index contributed by atoms with van der Waals surface area (Å²) in [5.41, 5.74) is 3.63. The Hall–Kier alpha value is -2.01. The van der Waals surface area contributed by atoms with E-state index >= 15 is 0 Å². The molecule has 0 aliphatic carbocycles. The average Bonchev–Trinajstić information content (AvgIpc) is 2.42. The molecule has 1 aliphatic rings. The van der Waals surface area contributed by atoms with E-state index < -0.39 is 5.60 Å². The van der Waals surface area contributed by atoms with Gasteiger partial charge in [-0.2, -0.15) is 0 Å². The number of carbonyl (C=O) groups is 1. The van der Waals surface area contributed by atoms with Crippen LogP contribution in [0.25, 0.3) is 5.57 Å². The van der Waals surface area contributed by atoms with Gasteiger partial charge in [0.2, 0.25) is 0 Å². The fraction of sp³-hybridized carbons (Fsp3) is 0.500. The van der Waals surface area contributed by atoms with E-state index in [9.17, 15) is 9.90 Å². The van der Waals surface area contributed by atoms with Gasteiger partial charge in [-0.1, -0.05) is 6.08 Å². The molecule has 1 amide bonds. The van der Waals surface area contributed by atoms with E-state index in [2.05, 4.69) is 6.08 Å². The number of phenols is 1. The lowest BCUT2D eigenvalue weighted by Gasteiger charge is -2.29. The third kappa shape index (κ3) is 4.73. The zero-order valence-corrected chi connectivity index (χ0v) is 14.8. The van der Waals surface area contributed by atoms with E-state index in [-0.39, 0.29) is 12.2 Å². The molecule has 0 radical (unpaired) electrons. The number of amides is 1. The Morgan fingerprint density at radius 2 is 1.78 bits per heavy atom. The predicted molar refractivity (Wildman–Crippen MR) is 93.0 cm³/mol. The lowest BCUT2D eigenvalue weighted by atomic mass is 9.95. The van der Waals surface area contributed by atoms with Crippen molar-refractivity contribution in [3.63, 3.8) is 0 Å². The minimum absolute atomic E-state index is 0. The number of phenolic OH excluding ortho intramolecular Hbond substituents is 1. The van der Waals surface area contributed by atoms with E-state index in [1.165, 1.54) is 5.57 Å². The van der Waals surface area contributed by atoms with Gasteiger partial charge in [-0.25, -0.2) is 4.79 Å². The van der Waals surface area contributed by atoms with E-state index in [1.54, 1.807) is 4.90 Å². The number of rotatable bonds is 1. The largest absolute Gasteiger partial charge is 0.507 e. The summed E-state index contributed by atoms with van der Waals surface area (Å²) >= 11 is 0. The Labute approximate surface area is 138 Å². The molecule has 128 valence electrons. The van der Waals surface area contributed by atoms with Crippen molar-refractivity contribution in [3.8, 4) is 5.75 Å². The van der Waals surface area contributed by atoms with Crippen LogP contribution in [0, 0.1) is 13.8 Å². The van der Waals surface area contributed by atoms with Gasteiger partial charge >= 0.3 is 6.09 Å². The van der Waals surface area contributed by atoms with Gasteiger partial charge in [0.25, 0.3) is 0 Å². The highest BCUT2D eigenvalue weighted by Gasteiger charge is 2.24. The fourth-order valence-corrected chi connectivity index (χ4v) is 2.56. The number of benzene rings is 1. The molecule has 4 N–H and O–H groups in total. The molecule has 0 bridgehead atoms. The molecule has 5 heteroatoms. The molecule has 0 fully saturated rings. The highest BCUT2D eigenvalue weighted by molar-refractivity contribution is 5.73. The maximum absolute atomic E-state index is 12.1. The maximum atomic E-state index is 12.1. The Bertz CT molecular complexity index is 592. The zero-order chi connectivity index (χ0) is 16.5. The second-order valence-corrected chi connectivity index (χ2v) is 6.86. The number of aryl methyl sites for hydroxylation is 2. The zero-order valence-electron chi connectivity index (χ0n) is 14.8. The minimum Gasteiger partial charge on any atom is -0.507 e. The van der Waals surface area contributed by atoms with E-state index in [0.717, 1.165) is 23.1 Å². The molecule has 0 saturated carbocycles. The fourth-order valence-electron chi connectivity index (χ4n) is 2.56. The molecule has 1 aliphatic heterocycles. The van der Waals surface area contributed by atoms with Gasteiger partial charge in [0.05, 0.1) is 0 Å². The number of hydrogen-bond donors (Lipinski definition) is 2. The highest BCUT2D eigenvalue weighted by atomic mass is 16.6. The van der Waals surface area contributed by atoms with Crippen LogP contribution in [0.3, 0.4) is 0 Å².